The molecule has 7 heteroatoms. The molecule has 0 N–H and O–H groups in total. The molecule has 0 radical (unpaired) electrons. The fraction of sp³-hybridized carbons (Fsp3) is 0.389. The Morgan fingerprint density at radius 2 is 2.12 bits per heavy atom. The van der Waals surface area contributed by atoms with Gasteiger partial charge in [-0.05, 0) is 37.5 Å². The number of aryl methyl sites for hydroxylation is 1. The second kappa shape index (κ2) is 7.89. The molecule has 0 aliphatic carbocycles. The first-order valence-corrected chi connectivity index (χ1v) is 10.4. The number of hydrogen-bond acceptors (Lipinski definition) is 5. The molecule has 25 heavy (non-hydrogen) atoms. The Balaban J connectivity index is 1.99. The minimum Gasteiger partial charge on any atom is -0.287 e. The van der Waals surface area contributed by atoms with E-state index in [4.69, 9.17) is 16.6 Å². The summed E-state index contributed by atoms with van der Waals surface area (Å²) in [7, 11) is 0. The number of benzene rings is 1. The molecule has 132 valence electrons. The van der Waals surface area contributed by atoms with Gasteiger partial charge in [0.15, 0.2) is 5.16 Å². The summed E-state index contributed by atoms with van der Waals surface area (Å²) < 4.78 is 1.79. The van der Waals surface area contributed by atoms with Crippen molar-refractivity contribution in [3.05, 3.63) is 49.7 Å². The minimum absolute atomic E-state index is 0.000671. The lowest BCUT2D eigenvalue weighted by Gasteiger charge is -2.14. The zero-order valence-electron chi connectivity index (χ0n) is 14.5. The molecule has 0 amide bonds. The van der Waals surface area contributed by atoms with Crippen LogP contribution in [0.15, 0.2) is 33.5 Å². The zero-order valence-corrected chi connectivity index (χ0v) is 16.8. The highest BCUT2D eigenvalue weighted by molar-refractivity contribution is 7.98. The van der Waals surface area contributed by atoms with Crippen LogP contribution in [0.1, 0.15) is 31.0 Å². The Bertz CT molecular complexity index is 949. The van der Waals surface area contributed by atoms with Crippen LogP contribution in [0.5, 0.6) is 0 Å². The van der Waals surface area contributed by atoms with Crippen LogP contribution in [-0.4, -0.2) is 14.5 Å². The summed E-state index contributed by atoms with van der Waals surface area (Å²) >= 11 is 9.26. The molecule has 2 aromatic heterocycles. The summed E-state index contributed by atoms with van der Waals surface area (Å²) in [5, 5.41) is 5.03. The third kappa shape index (κ3) is 4.43. The highest BCUT2D eigenvalue weighted by Crippen LogP contribution is 2.24. The Morgan fingerprint density at radius 3 is 2.80 bits per heavy atom. The topological polar surface area (TPSA) is 47.8 Å². The van der Waals surface area contributed by atoms with E-state index >= 15 is 0 Å². The van der Waals surface area contributed by atoms with Crippen molar-refractivity contribution in [2.75, 3.05) is 0 Å². The standard InChI is InChI=1S/C18H20ClN3OS2/c1-11(2)6-7-22-17(23)15-5-4-13(19)8-16(15)21-18(22)25-10-14-9-24-12(3)20-14/h4-5,8-9,11H,6-7,10H2,1-3H3. The predicted octanol–water partition coefficient (Wildman–Crippen LogP) is 5.15. The molecular formula is C18H20ClN3OS2. The lowest BCUT2D eigenvalue weighted by Crippen LogP contribution is -2.24. The molecule has 0 bridgehead atoms. The van der Waals surface area contributed by atoms with Gasteiger partial charge in [0, 0.05) is 22.7 Å². The lowest BCUT2D eigenvalue weighted by atomic mass is 10.1. The fourth-order valence-corrected chi connectivity index (χ4v) is 4.28. The van der Waals surface area contributed by atoms with Crippen molar-refractivity contribution >= 4 is 45.6 Å². The zero-order chi connectivity index (χ0) is 18.0. The summed E-state index contributed by atoms with van der Waals surface area (Å²) in [4.78, 5) is 22.1. The van der Waals surface area contributed by atoms with Crippen molar-refractivity contribution in [3.8, 4) is 0 Å². The van der Waals surface area contributed by atoms with Gasteiger partial charge >= 0.3 is 0 Å². The van der Waals surface area contributed by atoms with Crippen LogP contribution in [0.2, 0.25) is 5.02 Å². The molecule has 0 unspecified atom stereocenters. The molecule has 2 heterocycles. The summed E-state index contributed by atoms with van der Waals surface area (Å²) in [6, 6.07) is 5.25. The normalized spacial score (nSPS) is 11.6. The fourth-order valence-electron chi connectivity index (χ4n) is 2.48. The molecule has 3 aromatic rings. The summed E-state index contributed by atoms with van der Waals surface area (Å²) in [6.07, 6.45) is 0.935. The van der Waals surface area contributed by atoms with Crippen LogP contribution < -0.4 is 5.56 Å². The maximum absolute atomic E-state index is 12.9. The van der Waals surface area contributed by atoms with Gasteiger partial charge in [-0.15, -0.1) is 11.3 Å². The molecule has 0 aliphatic rings. The summed E-state index contributed by atoms with van der Waals surface area (Å²) in [6.45, 7) is 6.97. The third-order valence-electron chi connectivity index (χ3n) is 3.83. The van der Waals surface area contributed by atoms with E-state index < -0.39 is 0 Å². The first-order valence-electron chi connectivity index (χ1n) is 8.18. The van der Waals surface area contributed by atoms with Crippen LogP contribution in [0.3, 0.4) is 0 Å². The van der Waals surface area contributed by atoms with Crippen LogP contribution in [0, 0.1) is 12.8 Å². The molecule has 0 spiro atoms. The number of thioether (sulfide) groups is 1. The first-order chi connectivity index (χ1) is 11.9. The van der Waals surface area contributed by atoms with Crippen molar-refractivity contribution in [1.29, 1.82) is 0 Å². The molecule has 0 saturated heterocycles. The number of rotatable bonds is 6. The second-order valence-corrected chi connectivity index (χ2v) is 8.78. The maximum atomic E-state index is 12.9. The molecule has 0 atom stereocenters. The Kier molecular flexibility index (Phi) is 5.81. The van der Waals surface area contributed by atoms with Gasteiger partial charge in [-0.25, -0.2) is 9.97 Å². The molecule has 0 fully saturated rings. The summed E-state index contributed by atoms with van der Waals surface area (Å²) in [5.74, 6) is 1.22. The average molecular weight is 394 g/mol. The van der Waals surface area contributed by atoms with E-state index in [1.54, 1.807) is 45.9 Å². The van der Waals surface area contributed by atoms with E-state index in [1.165, 1.54) is 0 Å². The van der Waals surface area contributed by atoms with Crippen molar-refractivity contribution < 1.29 is 0 Å². The highest BCUT2D eigenvalue weighted by Gasteiger charge is 2.13. The van der Waals surface area contributed by atoms with E-state index in [1.807, 2.05) is 6.92 Å². The SMILES string of the molecule is Cc1nc(CSc2nc3cc(Cl)ccc3c(=O)n2CCC(C)C)cs1. The van der Waals surface area contributed by atoms with E-state index in [0.717, 1.165) is 22.3 Å². The van der Waals surface area contributed by atoms with Gasteiger partial charge in [0.25, 0.3) is 5.56 Å². The quantitative estimate of drug-likeness (QED) is 0.429. The van der Waals surface area contributed by atoms with E-state index in [2.05, 4.69) is 24.2 Å². The monoisotopic (exact) mass is 393 g/mol. The van der Waals surface area contributed by atoms with E-state index in [0.29, 0.717) is 34.1 Å². The van der Waals surface area contributed by atoms with Gasteiger partial charge in [0.2, 0.25) is 0 Å². The van der Waals surface area contributed by atoms with E-state index in [-0.39, 0.29) is 5.56 Å². The van der Waals surface area contributed by atoms with Crippen molar-refractivity contribution in [2.24, 2.45) is 5.92 Å². The van der Waals surface area contributed by atoms with Gasteiger partial charge in [-0.2, -0.15) is 0 Å². The average Bonchev–Trinajstić information content (AvgIpc) is 2.97. The number of fused-ring (bicyclic) bond motifs is 1. The lowest BCUT2D eigenvalue weighted by molar-refractivity contribution is 0.481. The number of thiazole rings is 1. The van der Waals surface area contributed by atoms with Crippen molar-refractivity contribution in [2.45, 2.75) is 44.6 Å². The molecule has 3 rings (SSSR count). The highest BCUT2D eigenvalue weighted by atomic mass is 35.5. The summed E-state index contributed by atoms with van der Waals surface area (Å²) in [5.41, 5.74) is 1.66. The number of hydrogen-bond donors (Lipinski definition) is 0. The molecule has 1 aromatic carbocycles. The Morgan fingerprint density at radius 1 is 1.32 bits per heavy atom. The van der Waals surface area contributed by atoms with Gasteiger partial charge < -0.3 is 0 Å². The minimum atomic E-state index is -0.000671. The number of halogens is 1. The van der Waals surface area contributed by atoms with Crippen molar-refractivity contribution in [1.82, 2.24) is 14.5 Å². The van der Waals surface area contributed by atoms with Gasteiger partial charge in [-0.1, -0.05) is 37.2 Å². The van der Waals surface area contributed by atoms with Gasteiger partial charge in [0.1, 0.15) is 0 Å². The molecular weight excluding hydrogens is 374 g/mol. The van der Waals surface area contributed by atoms with Crippen LogP contribution in [-0.2, 0) is 12.3 Å². The molecule has 0 saturated carbocycles. The van der Waals surface area contributed by atoms with E-state index in [9.17, 15) is 4.79 Å². The van der Waals surface area contributed by atoms with Crippen LogP contribution in [0.4, 0.5) is 0 Å². The molecule has 4 nitrogen and oxygen atoms in total. The number of aromatic nitrogens is 3. The van der Waals surface area contributed by atoms with Gasteiger partial charge in [-0.3, -0.25) is 9.36 Å². The number of nitrogens with zero attached hydrogens (tertiary/aromatic N) is 3. The third-order valence-corrected chi connectivity index (χ3v) is 5.90. The van der Waals surface area contributed by atoms with Crippen LogP contribution >= 0.6 is 34.7 Å². The van der Waals surface area contributed by atoms with Crippen LogP contribution in [0.25, 0.3) is 10.9 Å². The van der Waals surface area contributed by atoms with Gasteiger partial charge in [0.05, 0.1) is 21.6 Å². The first kappa shape index (κ1) is 18.4. The maximum Gasteiger partial charge on any atom is 0.262 e. The Labute approximate surface area is 160 Å². The smallest absolute Gasteiger partial charge is 0.262 e. The molecule has 0 aliphatic heterocycles. The predicted molar refractivity (Wildman–Crippen MR) is 107 cm³/mol. The second-order valence-electron chi connectivity index (χ2n) is 6.34. The van der Waals surface area contributed by atoms with Crippen molar-refractivity contribution in [3.63, 3.8) is 0 Å². The Hall–Kier alpha value is -1.37. The largest absolute Gasteiger partial charge is 0.287 e.